The van der Waals surface area contributed by atoms with Crippen LogP contribution in [0.5, 0.6) is 11.5 Å². The fourth-order valence-corrected chi connectivity index (χ4v) is 2.39. The van der Waals surface area contributed by atoms with Gasteiger partial charge >= 0.3 is 0 Å². The van der Waals surface area contributed by atoms with Crippen molar-refractivity contribution < 1.29 is 29.4 Å². The predicted molar refractivity (Wildman–Crippen MR) is 131 cm³/mol. The van der Waals surface area contributed by atoms with Gasteiger partial charge in [0, 0.05) is 32.1 Å². The second kappa shape index (κ2) is 13.8. The monoisotopic (exact) mass is 465 g/mol. The third-order valence-corrected chi connectivity index (χ3v) is 3.83. The van der Waals surface area contributed by atoms with Gasteiger partial charge in [-0.1, -0.05) is 0 Å². The van der Waals surface area contributed by atoms with Gasteiger partial charge in [0.15, 0.2) is 5.78 Å². The van der Waals surface area contributed by atoms with E-state index in [-0.39, 0.29) is 35.0 Å². The van der Waals surface area contributed by atoms with Crippen molar-refractivity contribution in [3.63, 3.8) is 0 Å². The van der Waals surface area contributed by atoms with Gasteiger partial charge in [-0.3, -0.25) is 19.2 Å². The summed E-state index contributed by atoms with van der Waals surface area (Å²) in [6, 6.07) is 11.2. The Balaban J connectivity index is 0.000000255. The van der Waals surface area contributed by atoms with Gasteiger partial charge in [0.05, 0.1) is 5.71 Å². The minimum Gasteiger partial charge on any atom is -0.508 e. The molecular weight excluding hydrogens is 438 g/mol. The van der Waals surface area contributed by atoms with Crippen LogP contribution >= 0.6 is 0 Å². The van der Waals surface area contributed by atoms with Crippen LogP contribution < -0.4 is 10.6 Å². The molecule has 9 heteroatoms. The molecule has 2 aromatic carbocycles. The van der Waals surface area contributed by atoms with Gasteiger partial charge < -0.3 is 20.8 Å². The molecule has 0 spiro atoms. The van der Waals surface area contributed by atoms with E-state index in [0.717, 1.165) is 5.56 Å². The van der Waals surface area contributed by atoms with Crippen LogP contribution in [0.15, 0.2) is 71.8 Å². The van der Waals surface area contributed by atoms with Gasteiger partial charge in [0.2, 0.25) is 17.7 Å². The molecule has 0 saturated carbocycles. The van der Waals surface area contributed by atoms with Crippen LogP contribution in [0.25, 0.3) is 0 Å². The molecule has 0 saturated heterocycles. The molecule has 178 valence electrons. The number of ketones is 1. The number of amides is 3. The van der Waals surface area contributed by atoms with Crippen molar-refractivity contribution in [1.29, 1.82) is 0 Å². The molecule has 0 heterocycles. The van der Waals surface area contributed by atoms with E-state index in [0.29, 0.717) is 17.1 Å². The van der Waals surface area contributed by atoms with Gasteiger partial charge in [0.25, 0.3) is 0 Å². The number of hydrogen-bond acceptors (Lipinski definition) is 6. The first-order chi connectivity index (χ1) is 16.0. The number of phenols is 2. The van der Waals surface area contributed by atoms with Crippen LogP contribution in [-0.4, -0.2) is 39.4 Å². The van der Waals surface area contributed by atoms with Crippen LogP contribution in [0.3, 0.4) is 0 Å². The molecule has 0 aromatic heterocycles. The lowest BCUT2D eigenvalue weighted by atomic mass is 10.2. The maximum absolute atomic E-state index is 10.6. The minimum atomic E-state index is -0.261. The maximum Gasteiger partial charge on any atom is 0.243 e. The average molecular weight is 466 g/mol. The van der Waals surface area contributed by atoms with E-state index in [1.54, 1.807) is 37.3 Å². The Bertz CT molecular complexity index is 1110. The van der Waals surface area contributed by atoms with Crippen LogP contribution in [0.4, 0.5) is 11.4 Å². The van der Waals surface area contributed by atoms with Crippen molar-refractivity contribution in [3.8, 4) is 11.5 Å². The zero-order valence-electron chi connectivity index (χ0n) is 19.3. The highest BCUT2D eigenvalue weighted by Gasteiger charge is 2.00. The number of anilines is 2. The zero-order valence-corrected chi connectivity index (χ0v) is 19.3. The number of benzene rings is 2. The van der Waals surface area contributed by atoms with Gasteiger partial charge in [0.1, 0.15) is 11.5 Å². The molecule has 0 atom stereocenters. The van der Waals surface area contributed by atoms with E-state index in [4.69, 9.17) is 10.2 Å². The number of allylic oxidation sites excluding steroid dienone is 4. The Morgan fingerprint density at radius 2 is 1.26 bits per heavy atom. The highest BCUT2D eigenvalue weighted by molar-refractivity contribution is 6.18. The number of carbonyl (C=O) groups is 4. The SMILES string of the molecule is CC(=O)N=C1C=CC(=O)C=C1.CC(=O)Nc1ccc(O)c(C)c1.CC(=O)Nc1ccc(O)cc1. The standard InChI is InChI=1S/C9H11NO2.C8H9NO2.C8H7NO2/c1-6-5-8(10-7(2)11)3-4-9(6)12;2*1-6(10)9-7-2-4-8(11)5-3-7/h3-5,12H,1-2H3,(H,10,11);2-5,11H,1H3,(H,9,10);2-5H,1H3. The molecule has 0 radical (unpaired) electrons. The quantitative estimate of drug-likeness (QED) is 0.393. The van der Waals surface area contributed by atoms with Crippen molar-refractivity contribution in [1.82, 2.24) is 0 Å². The number of aryl methyl sites for hydroxylation is 1. The third-order valence-electron chi connectivity index (χ3n) is 3.83. The molecule has 0 aliphatic heterocycles. The lowest BCUT2D eigenvalue weighted by Crippen LogP contribution is -2.05. The van der Waals surface area contributed by atoms with Crippen LogP contribution in [0.1, 0.15) is 26.3 Å². The number of aliphatic imine (C=N–C) groups is 1. The zero-order chi connectivity index (χ0) is 25.7. The molecule has 4 N–H and O–H groups in total. The fourth-order valence-electron chi connectivity index (χ4n) is 2.39. The van der Waals surface area contributed by atoms with Gasteiger partial charge in [-0.2, -0.15) is 0 Å². The molecular formula is C25H27N3O6. The summed E-state index contributed by atoms with van der Waals surface area (Å²) >= 11 is 0. The molecule has 0 fully saturated rings. The van der Waals surface area contributed by atoms with Crippen LogP contribution in [-0.2, 0) is 19.2 Å². The summed E-state index contributed by atoms with van der Waals surface area (Å²) in [5.41, 5.74) is 2.67. The molecule has 9 nitrogen and oxygen atoms in total. The number of phenolic OH excluding ortho intramolecular Hbond substituents is 2. The van der Waals surface area contributed by atoms with E-state index in [2.05, 4.69) is 15.6 Å². The molecule has 2 aromatic rings. The van der Waals surface area contributed by atoms with Crippen molar-refractivity contribution in [2.75, 3.05) is 10.6 Å². The molecule has 3 rings (SSSR count). The van der Waals surface area contributed by atoms with Crippen molar-refractivity contribution >= 4 is 40.6 Å². The minimum absolute atomic E-state index is 0.0764. The fraction of sp³-hybridized carbons (Fsp3) is 0.160. The Hall–Kier alpha value is -4.53. The summed E-state index contributed by atoms with van der Waals surface area (Å²) in [6.07, 6.45) is 5.79. The number of hydrogen-bond donors (Lipinski definition) is 4. The number of nitrogens with one attached hydrogen (secondary N) is 2. The molecule has 34 heavy (non-hydrogen) atoms. The molecule has 0 bridgehead atoms. The number of carbonyl (C=O) groups excluding carboxylic acids is 4. The second-order valence-corrected chi connectivity index (χ2v) is 7.04. The third kappa shape index (κ3) is 11.8. The lowest BCUT2D eigenvalue weighted by molar-refractivity contribution is -0.116. The molecule has 3 amide bonds. The van der Waals surface area contributed by atoms with E-state index < -0.39 is 0 Å². The number of rotatable bonds is 2. The van der Waals surface area contributed by atoms with Gasteiger partial charge in [-0.15, -0.1) is 0 Å². The van der Waals surface area contributed by atoms with Gasteiger partial charge in [-0.05, 0) is 79.3 Å². The van der Waals surface area contributed by atoms with Gasteiger partial charge in [-0.25, -0.2) is 4.99 Å². The van der Waals surface area contributed by atoms with Crippen molar-refractivity contribution in [2.45, 2.75) is 27.7 Å². The van der Waals surface area contributed by atoms with E-state index in [1.165, 1.54) is 57.2 Å². The first-order valence-corrected chi connectivity index (χ1v) is 10.1. The molecule has 1 aliphatic rings. The van der Waals surface area contributed by atoms with E-state index in [1.807, 2.05) is 0 Å². The summed E-state index contributed by atoms with van der Waals surface area (Å²) in [5, 5.41) is 23.2. The Morgan fingerprint density at radius 3 is 1.74 bits per heavy atom. The number of aromatic hydroxyl groups is 2. The highest BCUT2D eigenvalue weighted by atomic mass is 16.3. The van der Waals surface area contributed by atoms with E-state index >= 15 is 0 Å². The Kier molecular flexibility index (Phi) is 11.2. The topological polar surface area (TPSA) is 145 Å². The summed E-state index contributed by atoms with van der Waals surface area (Å²) in [7, 11) is 0. The first kappa shape index (κ1) is 27.5. The summed E-state index contributed by atoms with van der Waals surface area (Å²) in [4.78, 5) is 45.8. The van der Waals surface area contributed by atoms with Crippen molar-refractivity contribution in [2.24, 2.45) is 4.99 Å². The molecule has 0 unspecified atom stereocenters. The average Bonchev–Trinajstić information content (AvgIpc) is 2.74. The van der Waals surface area contributed by atoms with E-state index in [9.17, 15) is 19.2 Å². The summed E-state index contributed by atoms with van der Waals surface area (Å²) in [6.45, 7) is 6.03. The summed E-state index contributed by atoms with van der Waals surface area (Å²) < 4.78 is 0. The smallest absolute Gasteiger partial charge is 0.243 e. The predicted octanol–water partition coefficient (Wildman–Crippen LogP) is 3.68. The normalized spacial score (nSPS) is 11.3. The second-order valence-electron chi connectivity index (χ2n) is 7.04. The van der Waals surface area contributed by atoms with Crippen molar-refractivity contribution in [3.05, 3.63) is 72.3 Å². The van der Waals surface area contributed by atoms with Crippen LogP contribution in [0, 0.1) is 6.92 Å². The Morgan fingerprint density at radius 1 is 0.765 bits per heavy atom. The maximum atomic E-state index is 10.6. The Labute approximate surface area is 197 Å². The molecule has 1 aliphatic carbocycles. The number of nitrogens with zero attached hydrogens (tertiary/aromatic N) is 1. The highest BCUT2D eigenvalue weighted by Crippen LogP contribution is 2.19. The largest absolute Gasteiger partial charge is 0.508 e. The summed E-state index contributed by atoms with van der Waals surface area (Å²) in [5.74, 6) is -0.130. The first-order valence-electron chi connectivity index (χ1n) is 10.1. The van der Waals surface area contributed by atoms with Crippen LogP contribution in [0.2, 0.25) is 0 Å². The lowest BCUT2D eigenvalue weighted by Gasteiger charge is -2.03.